The maximum absolute atomic E-state index is 3.84. The zero-order valence-corrected chi connectivity index (χ0v) is 14.5. The van der Waals surface area contributed by atoms with Gasteiger partial charge in [0, 0.05) is 30.7 Å². The maximum Gasteiger partial charge on any atom is 0.0278 e. The first-order valence-corrected chi connectivity index (χ1v) is 8.86. The third-order valence-electron chi connectivity index (χ3n) is 5.73. The molecule has 1 aliphatic heterocycles. The molecule has 118 valence electrons. The van der Waals surface area contributed by atoms with Crippen LogP contribution in [-0.2, 0) is 0 Å². The Labute approximate surface area is 126 Å². The van der Waals surface area contributed by atoms with Gasteiger partial charge in [0.25, 0.3) is 0 Å². The minimum Gasteiger partial charge on any atom is -0.309 e. The largest absolute Gasteiger partial charge is 0.309 e. The summed E-state index contributed by atoms with van der Waals surface area (Å²) in [5, 5.41) is 3.84. The molecule has 0 radical (unpaired) electrons. The number of nitrogens with one attached hydrogen (secondary N) is 1. The van der Waals surface area contributed by atoms with Crippen LogP contribution in [0, 0.1) is 5.41 Å². The van der Waals surface area contributed by atoms with Gasteiger partial charge < -0.3 is 5.32 Å². The van der Waals surface area contributed by atoms with Crippen LogP contribution in [0.2, 0.25) is 0 Å². The van der Waals surface area contributed by atoms with E-state index in [0.29, 0.717) is 17.0 Å². The topological polar surface area (TPSA) is 15.3 Å². The minimum atomic E-state index is 0.314. The molecule has 2 rings (SSSR count). The second kappa shape index (κ2) is 6.36. The Balaban J connectivity index is 2.16. The summed E-state index contributed by atoms with van der Waals surface area (Å²) in [6, 6.07) is 1.51. The number of hydrogen-bond donors (Lipinski definition) is 1. The van der Waals surface area contributed by atoms with Crippen LogP contribution in [-0.4, -0.2) is 35.6 Å². The Morgan fingerprint density at radius 3 is 2.20 bits per heavy atom. The van der Waals surface area contributed by atoms with Crippen molar-refractivity contribution in [3.05, 3.63) is 0 Å². The second-order valence-corrected chi connectivity index (χ2v) is 8.49. The summed E-state index contributed by atoms with van der Waals surface area (Å²) in [6.07, 6.45) is 9.86. The van der Waals surface area contributed by atoms with Crippen molar-refractivity contribution in [1.29, 1.82) is 0 Å². The maximum atomic E-state index is 3.84. The molecular weight excluding hydrogens is 244 g/mol. The first-order valence-electron chi connectivity index (χ1n) is 8.86. The van der Waals surface area contributed by atoms with Crippen LogP contribution in [0.4, 0.5) is 0 Å². The smallest absolute Gasteiger partial charge is 0.0278 e. The van der Waals surface area contributed by atoms with E-state index < -0.39 is 0 Å². The Bertz CT molecular complexity index is 299. The Morgan fingerprint density at radius 1 is 1.10 bits per heavy atom. The molecule has 0 amide bonds. The lowest BCUT2D eigenvalue weighted by Gasteiger charge is -2.53. The molecule has 1 N–H and O–H groups in total. The van der Waals surface area contributed by atoms with Crippen molar-refractivity contribution < 1.29 is 0 Å². The third kappa shape index (κ3) is 3.76. The summed E-state index contributed by atoms with van der Waals surface area (Å²) in [4.78, 5) is 2.89. The van der Waals surface area contributed by atoms with Crippen molar-refractivity contribution in [2.75, 3.05) is 13.1 Å². The summed E-state index contributed by atoms with van der Waals surface area (Å²) in [5.74, 6) is 0. The van der Waals surface area contributed by atoms with E-state index in [1.165, 1.54) is 51.5 Å². The average molecular weight is 280 g/mol. The highest BCUT2D eigenvalue weighted by atomic mass is 15.3. The molecule has 1 saturated heterocycles. The zero-order chi connectivity index (χ0) is 14.8. The molecule has 20 heavy (non-hydrogen) atoms. The standard InChI is InChI=1S/C18H36N2/c1-6-18(5)14-20(15-11-9-7-8-10-12-15)16(13-19-18)17(2,3)4/h15-16,19H,6-14H2,1-5H3. The molecule has 0 aromatic carbocycles. The Morgan fingerprint density at radius 2 is 1.70 bits per heavy atom. The number of nitrogens with zero attached hydrogens (tertiary/aromatic N) is 1. The van der Waals surface area contributed by atoms with Gasteiger partial charge >= 0.3 is 0 Å². The Kier molecular flexibility index (Phi) is 5.18. The van der Waals surface area contributed by atoms with Crippen LogP contribution in [0.5, 0.6) is 0 Å². The van der Waals surface area contributed by atoms with Gasteiger partial charge in [-0.15, -0.1) is 0 Å². The lowest BCUT2D eigenvalue weighted by atomic mass is 9.80. The van der Waals surface area contributed by atoms with Gasteiger partial charge in [-0.05, 0) is 31.6 Å². The predicted molar refractivity (Wildman–Crippen MR) is 88.1 cm³/mol. The highest BCUT2D eigenvalue weighted by Gasteiger charge is 2.42. The van der Waals surface area contributed by atoms with Crippen LogP contribution in [0.15, 0.2) is 0 Å². The van der Waals surface area contributed by atoms with Crippen LogP contribution in [0.3, 0.4) is 0 Å². The van der Waals surface area contributed by atoms with E-state index in [-0.39, 0.29) is 0 Å². The highest BCUT2D eigenvalue weighted by Crippen LogP contribution is 2.34. The average Bonchev–Trinajstić information content (AvgIpc) is 2.66. The van der Waals surface area contributed by atoms with Gasteiger partial charge in [0.05, 0.1) is 0 Å². The van der Waals surface area contributed by atoms with E-state index in [2.05, 4.69) is 44.8 Å². The molecule has 1 aliphatic carbocycles. The Hall–Kier alpha value is -0.0800. The molecule has 2 atom stereocenters. The van der Waals surface area contributed by atoms with Gasteiger partial charge in [-0.1, -0.05) is 53.4 Å². The first-order chi connectivity index (χ1) is 9.36. The normalized spacial score (nSPS) is 35.0. The van der Waals surface area contributed by atoms with Crippen molar-refractivity contribution >= 4 is 0 Å². The molecule has 2 fully saturated rings. The SMILES string of the molecule is CCC1(C)CN(C2CCCCCC2)C(C(C)(C)C)CN1. The zero-order valence-electron chi connectivity index (χ0n) is 14.5. The minimum absolute atomic E-state index is 0.314. The molecule has 0 spiro atoms. The molecule has 1 saturated carbocycles. The molecular formula is C18H36N2. The molecule has 2 aliphatic rings. The molecule has 0 bridgehead atoms. The van der Waals surface area contributed by atoms with E-state index >= 15 is 0 Å². The summed E-state index contributed by atoms with van der Waals surface area (Å²) >= 11 is 0. The van der Waals surface area contributed by atoms with Crippen molar-refractivity contribution in [2.24, 2.45) is 5.41 Å². The second-order valence-electron chi connectivity index (χ2n) is 8.49. The molecule has 0 aromatic rings. The van der Waals surface area contributed by atoms with Gasteiger partial charge in [0.15, 0.2) is 0 Å². The first kappa shape index (κ1) is 16.3. The number of rotatable bonds is 2. The summed E-state index contributed by atoms with van der Waals surface area (Å²) in [5.41, 5.74) is 0.683. The van der Waals surface area contributed by atoms with Crippen molar-refractivity contribution in [3.63, 3.8) is 0 Å². The molecule has 1 heterocycles. The van der Waals surface area contributed by atoms with Gasteiger partial charge in [-0.2, -0.15) is 0 Å². The fourth-order valence-electron chi connectivity index (χ4n) is 4.04. The summed E-state index contributed by atoms with van der Waals surface area (Å²) in [7, 11) is 0. The van der Waals surface area contributed by atoms with Crippen LogP contribution >= 0.6 is 0 Å². The highest BCUT2D eigenvalue weighted by molar-refractivity contribution is 5.00. The van der Waals surface area contributed by atoms with E-state index in [9.17, 15) is 0 Å². The van der Waals surface area contributed by atoms with Crippen LogP contribution in [0.1, 0.15) is 79.6 Å². The van der Waals surface area contributed by atoms with Gasteiger partial charge in [-0.3, -0.25) is 4.90 Å². The summed E-state index contributed by atoms with van der Waals surface area (Å²) in [6.45, 7) is 14.4. The lowest BCUT2D eigenvalue weighted by molar-refractivity contribution is -0.00918. The van der Waals surface area contributed by atoms with E-state index in [4.69, 9.17) is 0 Å². The number of piperazine rings is 1. The molecule has 2 nitrogen and oxygen atoms in total. The van der Waals surface area contributed by atoms with Gasteiger partial charge in [0.1, 0.15) is 0 Å². The third-order valence-corrected chi connectivity index (χ3v) is 5.73. The molecule has 2 heteroatoms. The lowest BCUT2D eigenvalue weighted by Crippen LogP contribution is -2.67. The van der Waals surface area contributed by atoms with Gasteiger partial charge in [-0.25, -0.2) is 0 Å². The van der Waals surface area contributed by atoms with Crippen molar-refractivity contribution in [1.82, 2.24) is 10.2 Å². The monoisotopic (exact) mass is 280 g/mol. The quantitative estimate of drug-likeness (QED) is 0.763. The summed E-state index contributed by atoms with van der Waals surface area (Å²) < 4.78 is 0. The van der Waals surface area contributed by atoms with E-state index in [1.807, 2.05) is 0 Å². The van der Waals surface area contributed by atoms with E-state index in [1.54, 1.807) is 0 Å². The molecule has 2 unspecified atom stereocenters. The molecule has 0 aromatic heterocycles. The van der Waals surface area contributed by atoms with E-state index in [0.717, 1.165) is 12.6 Å². The van der Waals surface area contributed by atoms with Crippen molar-refractivity contribution in [2.45, 2.75) is 97.2 Å². The number of hydrogen-bond acceptors (Lipinski definition) is 2. The van der Waals surface area contributed by atoms with Gasteiger partial charge in [0.2, 0.25) is 0 Å². The fraction of sp³-hybridized carbons (Fsp3) is 1.00. The fourth-order valence-corrected chi connectivity index (χ4v) is 4.04. The van der Waals surface area contributed by atoms with Crippen LogP contribution in [0.25, 0.3) is 0 Å². The predicted octanol–water partition coefficient (Wildman–Crippen LogP) is 4.20. The van der Waals surface area contributed by atoms with Crippen molar-refractivity contribution in [3.8, 4) is 0 Å². The van der Waals surface area contributed by atoms with Crippen LogP contribution < -0.4 is 5.32 Å².